The average molecular weight is 413 g/mol. The maximum absolute atomic E-state index is 9.39. The van der Waals surface area contributed by atoms with Crippen molar-refractivity contribution in [3.8, 4) is 6.07 Å². The van der Waals surface area contributed by atoms with Gasteiger partial charge in [0, 0.05) is 24.2 Å². The van der Waals surface area contributed by atoms with Gasteiger partial charge in [0.2, 0.25) is 0 Å². The highest BCUT2D eigenvalue weighted by molar-refractivity contribution is 5.93. The van der Waals surface area contributed by atoms with Crippen molar-refractivity contribution in [3.05, 3.63) is 59.4 Å². The standard InChI is InChI=1S/C23H23N7O/c1-15-17(13-24)4-3-5-19(15)16(2)26-22-20-12-18(29-8-10-31-11-9-29)6-7-21(20)30-14-25-28-23(30)27-22/h3-7,12,14,16H,8-11H2,1-2H3,(H,26,27,28). The number of nitriles is 1. The molecule has 5 rings (SSSR count). The molecule has 8 heteroatoms. The van der Waals surface area contributed by atoms with Gasteiger partial charge in [0.25, 0.3) is 5.78 Å². The van der Waals surface area contributed by atoms with Crippen molar-refractivity contribution in [1.82, 2.24) is 19.6 Å². The fourth-order valence-electron chi connectivity index (χ4n) is 4.21. The molecular formula is C23H23N7O. The van der Waals surface area contributed by atoms with Crippen LogP contribution in [0.5, 0.6) is 0 Å². The minimum Gasteiger partial charge on any atom is -0.378 e. The molecule has 1 aliphatic rings. The van der Waals surface area contributed by atoms with Crippen molar-refractivity contribution < 1.29 is 4.74 Å². The summed E-state index contributed by atoms with van der Waals surface area (Å²) in [6, 6.07) is 14.4. The van der Waals surface area contributed by atoms with E-state index in [0.717, 1.165) is 59.8 Å². The van der Waals surface area contributed by atoms with E-state index in [1.165, 1.54) is 0 Å². The van der Waals surface area contributed by atoms with Crippen LogP contribution in [0, 0.1) is 18.3 Å². The van der Waals surface area contributed by atoms with Gasteiger partial charge in [-0.1, -0.05) is 12.1 Å². The molecular weight excluding hydrogens is 390 g/mol. The predicted octanol–water partition coefficient (Wildman–Crippen LogP) is 3.47. The highest BCUT2D eigenvalue weighted by Gasteiger charge is 2.18. The van der Waals surface area contributed by atoms with E-state index in [0.29, 0.717) is 11.3 Å². The fourth-order valence-corrected chi connectivity index (χ4v) is 4.21. The van der Waals surface area contributed by atoms with Crippen LogP contribution in [-0.2, 0) is 4.74 Å². The van der Waals surface area contributed by atoms with E-state index >= 15 is 0 Å². The Balaban J connectivity index is 1.60. The van der Waals surface area contributed by atoms with Gasteiger partial charge in [-0.2, -0.15) is 10.2 Å². The van der Waals surface area contributed by atoms with E-state index in [-0.39, 0.29) is 6.04 Å². The van der Waals surface area contributed by atoms with Gasteiger partial charge >= 0.3 is 0 Å². The minimum absolute atomic E-state index is 0.0404. The Hall–Kier alpha value is -3.70. The third kappa shape index (κ3) is 3.43. The molecule has 1 fully saturated rings. The Kier molecular flexibility index (Phi) is 4.88. The smallest absolute Gasteiger partial charge is 0.257 e. The second-order valence-corrected chi connectivity index (χ2v) is 7.76. The normalized spacial score (nSPS) is 15.2. The molecule has 0 spiro atoms. The lowest BCUT2D eigenvalue weighted by atomic mass is 9.98. The molecule has 4 aromatic rings. The Morgan fingerprint density at radius 1 is 1.19 bits per heavy atom. The number of ether oxygens (including phenoxy) is 1. The molecule has 1 aliphatic heterocycles. The summed E-state index contributed by atoms with van der Waals surface area (Å²) in [7, 11) is 0. The van der Waals surface area contributed by atoms with Crippen LogP contribution >= 0.6 is 0 Å². The van der Waals surface area contributed by atoms with Crippen LogP contribution < -0.4 is 10.2 Å². The van der Waals surface area contributed by atoms with Gasteiger partial charge in [0.15, 0.2) is 0 Å². The number of anilines is 2. The molecule has 8 nitrogen and oxygen atoms in total. The first kappa shape index (κ1) is 19.3. The molecule has 3 heterocycles. The Morgan fingerprint density at radius 3 is 2.84 bits per heavy atom. The van der Waals surface area contributed by atoms with E-state index in [1.807, 2.05) is 29.5 Å². The first-order valence-electron chi connectivity index (χ1n) is 10.4. The summed E-state index contributed by atoms with van der Waals surface area (Å²) in [5.41, 5.74) is 4.87. The molecule has 2 aromatic heterocycles. The van der Waals surface area contributed by atoms with Crippen molar-refractivity contribution >= 4 is 28.2 Å². The molecule has 2 aromatic carbocycles. The summed E-state index contributed by atoms with van der Waals surface area (Å²) in [6.45, 7) is 7.27. The zero-order valence-corrected chi connectivity index (χ0v) is 17.5. The van der Waals surface area contributed by atoms with Gasteiger partial charge < -0.3 is 15.0 Å². The number of benzene rings is 2. The van der Waals surface area contributed by atoms with Crippen LogP contribution in [0.3, 0.4) is 0 Å². The topological polar surface area (TPSA) is 91.4 Å². The maximum Gasteiger partial charge on any atom is 0.257 e. The van der Waals surface area contributed by atoms with E-state index in [9.17, 15) is 5.26 Å². The van der Waals surface area contributed by atoms with Gasteiger partial charge in [-0.25, -0.2) is 0 Å². The number of nitrogens with one attached hydrogen (secondary N) is 1. The summed E-state index contributed by atoms with van der Waals surface area (Å²) in [5.74, 6) is 1.30. The molecule has 1 atom stereocenters. The predicted molar refractivity (Wildman–Crippen MR) is 119 cm³/mol. The zero-order valence-electron chi connectivity index (χ0n) is 17.5. The number of morpholine rings is 1. The van der Waals surface area contributed by atoms with Crippen LogP contribution in [0.15, 0.2) is 42.7 Å². The summed E-state index contributed by atoms with van der Waals surface area (Å²) in [4.78, 5) is 7.08. The molecule has 1 unspecified atom stereocenters. The third-order valence-corrected chi connectivity index (χ3v) is 5.93. The number of aromatic nitrogens is 4. The number of rotatable bonds is 4. The minimum atomic E-state index is -0.0404. The molecule has 0 bridgehead atoms. The van der Waals surface area contributed by atoms with Crippen molar-refractivity contribution in [2.45, 2.75) is 19.9 Å². The molecule has 0 saturated carbocycles. The monoisotopic (exact) mass is 413 g/mol. The lowest BCUT2D eigenvalue weighted by molar-refractivity contribution is 0.122. The lowest BCUT2D eigenvalue weighted by Gasteiger charge is -2.29. The van der Waals surface area contributed by atoms with Crippen molar-refractivity contribution in [1.29, 1.82) is 5.26 Å². The van der Waals surface area contributed by atoms with Gasteiger partial charge in [0.1, 0.15) is 12.1 Å². The lowest BCUT2D eigenvalue weighted by Crippen LogP contribution is -2.36. The molecule has 0 aliphatic carbocycles. The Labute approximate surface area is 180 Å². The maximum atomic E-state index is 9.39. The van der Waals surface area contributed by atoms with Crippen LogP contribution in [0.25, 0.3) is 16.7 Å². The second-order valence-electron chi connectivity index (χ2n) is 7.76. The first-order chi connectivity index (χ1) is 15.2. The van der Waals surface area contributed by atoms with Gasteiger partial charge in [-0.05, 0) is 49.2 Å². The van der Waals surface area contributed by atoms with Crippen molar-refractivity contribution in [2.24, 2.45) is 0 Å². The fraction of sp³-hybridized carbons (Fsp3) is 0.304. The summed E-state index contributed by atoms with van der Waals surface area (Å²) < 4.78 is 7.40. The van der Waals surface area contributed by atoms with Gasteiger partial charge in [-0.15, -0.1) is 10.2 Å². The van der Waals surface area contributed by atoms with E-state index < -0.39 is 0 Å². The van der Waals surface area contributed by atoms with E-state index in [2.05, 4.69) is 51.6 Å². The molecule has 31 heavy (non-hydrogen) atoms. The molecule has 156 valence electrons. The number of fused-ring (bicyclic) bond motifs is 3. The number of hydrogen-bond acceptors (Lipinski definition) is 7. The molecule has 1 saturated heterocycles. The summed E-state index contributed by atoms with van der Waals surface area (Å²) >= 11 is 0. The number of nitrogens with zero attached hydrogens (tertiary/aromatic N) is 6. The molecule has 1 N–H and O–H groups in total. The molecule has 0 amide bonds. The first-order valence-corrected chi connectivity index (χ1v) is 10.4. The second kappa shape index (κ2) is 7.85. The van der Waals surface area contributed by atoms with E-state index in [4.69, 9.17) is 9.72 Å². The highest BCUT2D eigenvalue weighted by Crippen LogP contribution is 2.31. The summed E-state index contributed by atoms with van der Waals surface area (Å²) in [6.07, 6.45) is 1.69. The zero-order chi connectivity index (χ0) is 21.4. The number of hydrogen-bond donors (Lipinski definition) is 1. The van der Waals surface area contributed by atoms with E-state index in [1.54, 1.807) is 6.33 Å². The van der Waals surface area contributed by atoms with Gasteiger partial charge in [0.05, 0.1) is 36.4 Å². The summed E-state index contributed by atoms with van der Waals surface area (Å²) in [5, 5.41) is 22.1. The van der Waals surface area contributed by atoms with Crippen LogP contribution in [0.1, 0.15) is 29.7 Å². The van der Waals surface area contributed by atoms with Gasteiger partial charge in [-0.3, -0.25) is 4.40 Å². The molecule has 0 radical (unpaired) electrons. The van der Waals surface area contributed by atoms with Crippen LogP contribution in [0.2, 0.25) is 0 Å². The quantitative estimate of drug-likeness (QED) is 0.548. The third-order valence-electron chi connectivity index (χ3n) is 5.93. The van der Waals surface area contributed by atoms with Crippen molar-refractivity contribution in [3.63, 3.8) is 0 Å². The van der Waals surface area contributed by atoms with Crippen LogP contribution in [0.4, 0.5) is 11.5 Å². The SMILES string of the molecule is Cc1c(C#N)cccc1C(C)Nc1nc2nncn2c2ccc(N3CCOCC3)cc12. The highest BCUT2D eigenvalue weighted by atomic mass is 16.5. The van der Waals surface area contributed by atoms with Crippen molar-refractivity contribution in [2.75, 3.05) is 36.5 Å². The average Bonchev–Trinajstić information content (AvgIpc) is 3.28. The van der Waals surface area contributed by atoms with Crippen LogP contribution in [-0.4, -0.2) is 45.9 Å². The largest absolute Gasteiger partial charge is 0.378 e. The Bertz CT molecular complexity index is 1300. The Morgan fingerprint density at radius 2 is 2.03 bits per heavy atom.